The van der Waals surface area contributed by atoms with Crippen LogP contribution in [0.15, 0.2) is 41.4 Å². The second-order valence-electron chi connectivity index (χ2n) is 5.20. The van der Waals surface area contributed by atoms with Crippen molar-refractivity contribution < 1.29 is 4.79 Å². The standard InChI is InChI=1S/C16H19N3OS/c1-2-3-10-19-15(8-9-17-19)18-16(20)14-11-12-6-4-5-7-13(12)21-14/h4-9,14H,2-3,10-11H2,1H3,(H,18,20)/t14-/m0/s1. The zero-order valence-corrected chi connectivity index (χ0v) is 12.9. The van der Waals surface area contributed by atoms with Gasteiger partial charge in [-0.05, 0) is 24.5 Å². The van der Waals surface area contributed by atoms with E-state index in [0.717, 1.165) is 31.6 Å². The molecule has 3 rings (SSSR count). The van der Waals surface area contributed by atoms with Gasteiger partial charge < -0.3 is 5.32 Å². The topological polar surface area (TPSA) is 46.9 Å². The highest BCUT2D eigenvalue weighted by molar-refractivity contribution is 8.01. The van der Waals surface area contributed by atoms with Crippen LogP contribution in [-0.2, 0) is 17.8 Å². The molecule has 4 nitrogen and oxygen atoms in total. The first-order valence-electron chi connectivity index (χ1n) is 7.35. The third-order valence-electron chi connectivity index (χ3n) is 3.63. The molecule has 0 radical (unpaired) electrons. The van der Waals surface area contributed by atoms with Crippen LogP contribution in [0.5, 0.6) is 0 Å². The first-order chi connectivity index (χ1) is 10.3. The molecule has 5 heteroatoms. The van der Waals surface area contributed by atoms with Gasteiger partial charge >= 0.3 is 0 Å². The molecular formula is C16H19N3OS. The van der Waals surface area contributed by atoms with Crippen molar-refractivity contribution in [3.8, 4) is 0 Å². The van der Waals surface area contributed by atoms with E-state index in [2.05, 4.69) is 29.5 Å². The Morgan fingerprint density at radius 3 is 3.10 bits per heavy atom. The van der Waals surface area contributed by atoms with Crippen LogP contribution in [0.4, 0.5) is 5.82 Å². The van der Waals surface area contributed by atoms with Crippen LogP contribution in [0, 0.1) is 0 Å². The number of hydrogen-bond acceptors (Lipinski definition) is 3. The highest BCUT2D eigenvalue weighted by Gasteiger charge is 2.28. The highest BCUT2D eigenvalue weighted by atomic mass is 32.2. The molecule has 1 aliphatic rings. The van der Waals surface area contributed by atoms with Gasteiger partial charge in [-0.3, -0.25) is 4.79 Å². The van der Waals surface area contributed by atoms with Crippen molar-refractivity contribution >= 4 is 23.5 Å². The smallest absolute Gasteiger partial charge is 0.239 e. The van der Waals surface area contributed by atoms with Crippen molar-refractivity contribution in [1.82, 2.24) is 9.78 Å². The number of amides is 1. The number of carbonyl (C=O) groups excluding carboxylic acids is 1. The van der Waals surface area contributed by atoms with Crippen LogP contribution in [-0.4, -0.2) is 20.9 Å². The molecule has 0 spiro atoms. The summed E-state index contributed by atoms with van der Waals surface area (Å²) in [5.74, 6) is 0.861. The van der Waals surface area contributed by atoms with E-state index in [1.165, 1.54) is 10.5 Å². The Labute approximate surface area is 128 Å². The molecule has 1 amide bonds. The maximum absolute atomic E-state index is 12.4. The molecule has 0 unspecified atom stereocenters. The minimum atomic E-state index is -0.0445. The van der Waals surface area contributed by atoms with Crippen LogP contribution in [0.2, 0.25) is 0 Å². The molecule has 0 saturated heterocycles. The third-order valence-corrected chi connectivity index (χ3v) is 4.95. The molecule has 2 aromatic rings. The van der Waals surface area contributed by atoms with Gasteiger partial charge in [0.25, 0.3) is 0 Å². The predicted octanol–water partition coefficient (Wildman–Crippen LogP) is 3.34. The molecule has 21 heavy (non-hydrogen) atoms. The van der Waals surface area contributed by atoms with Gasteiger partial charge in [0, 0.05) is 17.5 Å². The highest BCUT2D eigenvalue weighted by Crippen LogP contribution is 2.37. The largest absolute Gasteiger partial charge is 0.310 e. The molecule has 110 valence electrons. The van der Waals surface area contributed by atoms with Crippen LogP contribution in [0.1, 0.15) is 25.3 Å². The number of benzene rings is 1. The average Bonchev–Trinajstić information content (AvgIpc) is 3.11. The van der Waals surface area contributed by atoms with E-state index in [9.17, 15) is 4.79 Å². The second-order valence-corrected chi connectivity index (χ2v) is 6.45. The van der Waals surface area contributed by atoms with Crippen molar-refractivity contribution in [3.63, 3.8) is 0 Å². The number of hydrogen-bond donors (Lipinski definition) is 1. The number of rotatable bonds is 5. The summed E-state index contributed by atoms with van der Waals surface area (Å²) in [4.78, 5) is 13.7. The fraction of sp³-hybridized carbons (Fsp3) is 0.375. The summed E-state index contributed by atoms with van der Waals surface area (Å²) in [6.07, 6.45) is 4.72. The first-order valence-corrected chi connectivity index (χ1v) is 8.23. The second kappa shape index (κ2) is 6.35. The Kier molecular flexibility index (Phi) is 4.29. The zero-order valence-electron chi connectivity index (χ0n) is 12.1. The van der Waals surface area contributed by atoms with E-state index in [1.54, 1.807) is 18.0 Å². The van der Waals surface area contributed by atoms with Gasteiger partial charge in [-0.15, -0.1) is 11.8 Å². The lowest BCUT2D eigenvalue weighted by Gasteiger charge is -2.11. The molecule has 0 aliphatic carbocycles. The van der Waals surface area contributed by atoms with Crippen LogP contribution in [0.25, 0.3) is 0 Å². The lowest BCUT2D eigenvalue weighted by molar-refractivity contribution is -0.115. The fourth-order valence-corrected chi connectivity index (χ4v) is 3.66. The molecule has 1 aliphatic heterocycles. The summed E-state index contributed by atoms with van der Waals surface area (Å²) in [5.41, 5.74) is 1.27. The zero-order chi connectivity index (χ0) is 14.7. The molecular weight excluding hydrogens is 282 g/mol. The number of carbonyl (C=O) groups is 1. The number of thioether (sulfide) groups is 1. The van der Waals surface area contributed by atoms with Gasteiger partial charge in [-0.2, -0.15) is 5.10 Å². The molecule has 1 aromatic heterocycles. The molecule has 1 atom stereocenters. The Morgan fingerprint density at radius 2 is 2.29 bits per heavy atom. The van der Waals surface area contributed by atoms with Crippen LogP contribution < -0.4 is 5.32 Å². The van der Waals surface area contributed by atoms with Gasteiger partial charge in [0.15, 0.2) is 0 Å². The minimum Gasteiger partial charge on any atom is -0.310 e. The first kappa shape index (κ1) is 14.2. The van der Waals surface area contributed by atoms with E-state index in [0.29, 0.717) is 0 Å². The lowest BCUT2D eigenvalue weighted by Crippen LogP contribution is -2.26. The van der Waals surface area contributed by atoms with E-state index < -0.39 is 0 Å². The number of unbranched alkanes of at least 4 members (excludes halogenated alkanes) is 1. The Bertz CT molecular complexity index is 613. The van der Waals surface area contributed by atoms with E-state index >= 15 is 0 Å². The molecule has 2 heterocycles. The monoisotopic (exact) mass is 301 g/mol. The number of aryl methyl sites for hydroxylation is 1. The van der Waals surface area contributed by atoms with Crippen LogP contribution in [0.3, 0.4) is 0 Å². The van der Waals surface area contributed by atoms with Crippen molar-refractivity contribution in [2.45, 2.75) is 42.9 Å². The number of anilines is 1. The lowest BCUT2D eigenvalue weighted by atomic mass is 10.1. The van der Waals surface area contributed by atoms with Crippen molar-refractivity contribution in [2.24, 2.45) is 0 Å². The molecule has 1 N–H and O–H groups in total. The number of aromatic nitrogens is 2. The van der Waals surface area contributed by atoms with Gasteiger partial charge in [0.2, 0.25) is 5.91 Å². The normalized spacial score (nSPS) is 16.7. The van der Waals surface area contributed by atoms with Gasteiger partial charge in [-0.25, -0.2) is 4.68 Å². The van der Waals surface area contributed by atoms with Crippen molar-refractivity contribution in [2.75, 3.05) is 5.32 Å². The molecule has 1 aromatic carbocycles. The van der Waals surface area contributed by atoms with Crippen LogP contribution >= 0.6 is 11.8 Å². The summed E-state index contributed by atoms with van der Waals surface area (Å²) in [6.45, 7) is 2.99. The maximum Gasteiger partial charge on any atom is 0.239 e. The van der Waals surface area contributed by atoms with Gasteiger partial charge in [0.1, 0.15) is 5.82 Å². The summed E-state index contributed by atoms with van der Waals surface area (Å²) in [7, 11) is 0. The van der Waals surface area contributed by atoms with Gasteiger partial charge in [-0.1, -0.05) is 31.5 Å². The molecule has 0 bridgehead atoms. The fourth-order valence-electron chi connectivity index (χ4n) is 2.46. The Balaban J connectivity index is 1.64. The summed E-state index contributed by atoms with van der Waals surface area (Å²) in [5, 5.41) is 7.24. The Hall–Kier alpha value is -1.75. The number of nitrogens with one attached hydrogen (secondary N) is 1. The summed E-state index contributed by atoms with van der Waals surface area (Å²) < 4.78 is 1.87. The quantitative estimate of drug-likeness (QED) is 0.921. The SMILES string of the molecule is CCCCn1nccc1NC(=O)[C@@H]1Cc2ccccc2S1. The third kappa shape index (κ3) is 3.13. The van der Waals surface area contributed by atoms with Crippen molar-refractivity contribution in [3.05, 3.63) is 42.1 Å². The maximum atomic E-state index is 12.4. The predicted molar refractivity (Wildman–Crippen MR) is 85.6 cm³/mol. The van der Waals surface area contributed by atoms with Gasteiger partial charge in [0.05, 0.1) is 11.4 Å². The summed E-state index contributed by atoms with van der Waals surface area (Å²) >= 11 is 1.65. The summed E-state index contributed by atoms with van der Waals surface area (Å²) in [6, 6.07) is 10.1. The minimum absolute atomic E-state index is 0.0445. The average molecular weight is 301 g/mol. The molecule has 0 fully saturated rings. The van der Waals surface area contributed by atoms with E-state index in [1.807, 2.05) is 22.9 Å². The Morgan fingerprint density at radius 1 is 1.43 bits per heavy atom. The van der Waals surface area contributed by atoms with E-state index in [4.69, 9.17) is 0 Å². The molecule has 0 saturated carbocycles. The van der Waals surface area contributed by atoms with E-state index in [-0.39, 0.29) is 11.2 Å². The van der Waals surface area contributed by atoms with Crippen molar-refractivity contribution in [1.29, 1.82) is 0 Å². The number of fused-ring (bicyclic) bond motifs is 1. The number of nitrogens with zero attached hydrogens (tertiary/aromatic N) is 2.